The molecule has 23 heavy (non-hydrogen) atoms. The lowest BCUT2D eigenvalue weighted by molar-refractivity contribution is 0.0519. The van der Waals surface area contributed by atoms with E-state index in [2.05, 4.69) is 4.98 Å². The van der Waals surface area contributed by atoms with Gasteiger partial charge < -0.3 is 19.2 Å². The molecule has 1 aromatic heterocycles. The van der Waals surface area contributed by atoms with E-state index in [1.54, 1.807) is 32.2 Å². The van der Waals surface area contributed by atoms with E-state index in [1.807, 2.05) is 22.6 Å². The number of aromatic nitrogens is 1. The number of aldehydes is 1. The largest absolute Gasteiger partial charge is 0.493 e. The van der Waals surface area contributed by atoms with Crippen LogP contribution in [0.25, 0.3) is 11.1 Å². The number of nitrogens with one attached hydrogen (secondary N) is 1. The first-order valence-electron chi connectivity index (χ1n) is 6.83. The van der Waals surface area contributed by atoms with Gasteiger partial charge in [0.15, 0.2) is 17.8 Å². The van der Waals surface area contributed by atoms with Gasteiger partial charge in [0.25, 0.3) is 0 Å². The van der Waals surface area contributed by atoms with Gasteiger partial charge in [-0.15, -0.1) is 0 Å². The highest BCUT2D eigenvalue weighted by atomic mass is 127. The van der Waals surface area contributed by atoms with Crippen LogP contribution in [-0.2, 0) is 4.74 Å². The highest BCUT2D eigenvalue weighted by Crippen LogP contribution is 2.36. The van der Waals surface area contributed by atoms with E-state index in [9.17, 15) is 9.59 Å². The molecular weight excluding hydrogens is 413 g/mol. The topological polar surface area (TPSA) is 77.6 Å². The van der Waals surface area contributed by atoms with Crippen LogP contribution in [0, 0.1) is 3.57 Å². The van der Waals surface area contributed by atoms with Gasteiger partial charge in [-0.2, -0.15) is 0 Å². The van der Waals surface area contributed by atoms with E-state index in [0.717, 1.165) is 5.56 Å². The smallest absolute Gasteiger partial charge is 0.355 e. The molecule has 1 heterocycles. The molecule has 0 atom stereocenters. The van der Waals surface area contributed by atoms with Crippen LogP contribution in [0.15, 0.2) is 18.2 Å². The summed E-state index contributed by atoms with van der Waals surface area (Å²) in [5, 5.41) is 0. The molecule has 0 bridgehead atoms. The number of carbonyl (C=O) groups excluding carboxylic acids is 2. The maximum Gasteiger partial charge on any atom is 0.355 e. The number of methoxy groups -OCH3 is 2. The highest BCUT2D eigenvalue weighted by Gasteiger charge is 2.23. The fourth-order valence-corrected chi connectivity index (χ4v) is 3.16. The van der Waals surface area contributed by atoms with Gasteiger partial charge in [-0.1, -0.05) is 6.07 Å². The third kappa shape index (κ3) is 3.34. The number of benzene rings is 1. The number of rotatable bonds is 6. The van der Waals surface area contributed by atoms with Crippen molar-refractivity contribution in [1.82, 2.24) is 4.98 Å². The Morgan fingerprint density at radius 3 is 2.52 bits per heavy atom. The van der Waals surface area contributed by atoms with Crippen molar-refractivity contribution < 1.29 is 23.8 Å². The van der Waals surface area contributed by atoms with Crippen LogP contribution in [0.2, 0.25) is 0 Å². The fraction of sp³-hybridized carbons (Fsp3) is 0.250. The molecule has 0 saturated heterocycles. The molecule has 0 unspecified atom stereocenters. The van der Waals surface area contributed by atoms with E-state index >= 15 is 0 Å². The average molecular weight is 429 g/mol. The second-order valence-corrected chi connectivity index (χ2v) is 5.59. The summed E-state index contributed by atoms with van der Waals surface area (Å²) >= 11 is 2.02. The number of esters is 1. The number of hydrogen-bond donors (Lipinski definition) is 1. The Morgan fingerprint density at radius 1 is 1.26 bits per heavy atom. The molecule has 1 N–H and O–H groups in total. The summed E-state index contributed by atoms with van der Waals surface area (Å²) in [5.41, 5.74) is 1.94. The summed E-state index contributed by atoms with van der Waals surface area (Å²) in [7, 11) is 3.09. The first-order valence-corrected chi connectivity index (χ1v) is 7.91. The summed E-state index contributed by atoms with van der Waals surface area (Å²) in [6, 6.07) is 5.30. The Kier molecular flexibility index (Phi) is 5.64. The van der Waals surface area contributed by atoms with E-state index < -0.39 is 5.97 Å². The number of hydrogen-bond acceptors (Lipinski definition) is 5. The molecule has 0 amide bonds. The third-order valence-corrected chi connectivity index (χ3v) is 4.32. The number of H-pyrrole nitrogens is 1. The van der Waals surface area contributed by atoms with Crippen LogP contribution in [-0.4, -0.2) is 38.1 Å². The second kappa shape index (κ2) is 7.49. The molecule has 0 spiro atoms. The standard InChI is InChI=1S/C16H16INO5/c1-4-23-16(20)15-14(17)13(10(8-19)18-15)9-5-6-11(21-2)12(7-9)22-3/h5-8,18H,4H2,1-3H3. The van der Waals surface area contributed by atoms with Gasteiger partial charge in [0.1, 0.15) is 5.69 Å². The van der Waals surface area contributed by atoms with Crippen LogP contribution in [0.1, 0.15) is 27.9 Å². The lowest BCUT2D eigenvalue weighted by Crippen LogP contribution is -2.06. The first-order chi connectivity index (χ1) is 11.1. The fourth-order valence-electron chi connectivity index (χ4n) is 2.20. The Morgan fingerprint density at radius 2 is 1.96 bits per heavy atom. The molecule has 122 valence electrons. The monoisotopic (exact) mass is 429 g/mol. The van der Waals surface area contributed by atoms with E-state index in [0.29, 0.717) is 32.6 Å². The minimum Gasteiger partial charge on any atom is -0.493 e. The highest BCUT2D eigenvalue weighted by molar-refractivity contribution is 14.1. The van der Waals surface area contributed by atoms with Gasteiger partial charge >= 0.3 is 5.97 Å². The Bertz CT molecular complexity index is 738. The number of ether oxygens (including phenoxy) is 3. The minimum atomic E-state index is -0.494. The predicted molar refractivity (Wildman–Crippen MR) is 93.4 cm³/mol. The van der Waals surface area contributed by atoms with E-state index in [-0.39, 0.29) is 12.3 Å². The number of carbonyl (C=O) groups is 2. The van der Waals surface area contributed by atoms with Gasteiger partial charge in [0.2, 0.25) is 0 Å². The summed E-state index contributed by atoms with van der Waals surface area (Å²) in [4.78, 5) is 26.2. The van der Waals surface area contributed by atoms with Crippen molar-refractivity contribution in [2.24, 2.45) is 0 Å². The van der Waals surface area contributed by atoms with Crippen LogP contribution in [0.4, 0.5) is 0 Å². The molecule has 2 aromatic rings. The van der Waals surface area contributed by atoms with Crippen molar-refractivity contribution in [3.63, 3.8) is 0 Å². The molecule has 0 fully saturated rings. The Balaban J connectivity index is 2.59. The molecular formula is C16H16INO5. The first kappa shape index (κ1) is 17.3. The second-order valence-electron chi connectivity index (χ2n) is 4.51. The summed E-state index contributed by atoms with van der Waals surface area (Å²) < 4.78 is 16.1. The lowest BCUT2D eigenvalue weighted by atomic mass is 10.1. The SMILES string of the molecule is CCOC(=O)c1[nH]c(C=O)c(-c2ccc(OC)c(OC)c2)c1I. The zero-order valence-corrected chi connectivity index (χ0v) is 15.1. The molecule has 0 aliphatic rings. The molecule has 0 saturated carbocycles. The summed E-state index contributed by atoms with van der Waals surface area (Å²) in [6.07, 6.45) is 0.678. The third-order valence-electron chi connectivity index (χ3n) is 3.24. The van der Waals surface area contributed by atoms with E-state index in [1.165, 1.54) is 7.11 Å². The van der Waals surface area contributed by atoms with Crippen molar-refractivity contribution in [2.45, 2.75) is 6.92 Å². The maximum atomic E-state index is 12.0. The maximum absolute atomic E-state index is 12.0. The molecule has 7 heteroatoms. The van der Waals surface area contributed by atoms with Gasteiger partial charge in [0.05, 0.1) is 30.1 Å². The van der Waals surface area contributed by atoms with Crippen molar-refractivity contribution in [3.05, 3.63) is 33.2 Å². The Labute approximate surface area is 147 Å². The van der Waals surface area contributed by atoms with Crippen molar-refractivity contribution in [1.29, 1.82) is 0 Å². The molecule has 0 radical (unpaired) electrons. The van der Waals surface area contributed by atoms with Gasteiger partial charge in [0, 0.05) is 5.56 Å². The van der Waals surface area contributed by atoms with Gasteiger partial charge in [-0.3, -0.25) is 4.79 Å². The quantitative estimate of drug-likeness (QED) is 0.433. The number of halogens is 1. The zero-order chi connectivity index (χ0) is 17.0. The number of aromatic amines is 1. The van der Waals surface area contributed by atoms with Crippen LogP contribution >= 0.6 is 22.6 Å². The van der Waals surface area contributed by atoms with Crippen LogP contribution in [0.5, 0.6) is 11.5 Å². The van der Waals surface area contributed by atoms with Gasteiger partial charge in [-0.25, -0.2) is 4.79 Å². The normalized spacial score (nSPS) is 10.3. The average Bonchev–Trinajstić information content (AvgIpc) is 2.91. The lowest BCUT2D eigenvalue weighted by Gasteiger charge is -2.09. The van der Waals surface area contributed by atoms with E-state index in [4.69, 9.17) is 14.2 Å². The van der Waals surface area contributed by atoms with Crippen molar-refractivity contribution in [3.8, 4) is 22.6 Å². The summed E-state index contributed by atoms with van der Waals surface area (Å²) in [5.74, 6) is 0.628. The molecule has 2 rings (SSSR count). The van der Waals surface area contributed by atoms with Crippen molar-refractivity contribution in [2.75, 3.05) is 20.8 Å². The summed E-state index contributed by atoms with van der Waals surface area (Å²) in [6.45, 7) is 1.99. The van der Waals surface area contributed by atoms with Crippen LogP contribution in [0.3, 0.4) is 0 Å². The predicted octanol–water partition coefficient (Wildman–Crippen LogP) is 3.29. The molecule has 1 aromatic carbocycles. The van der Waals surface area contributed by atoms with Crippen molar-refractivity contribution >= 4 is 34.8 Å². The minimum absolute atomic E-state index is 0.260. The molecule has 0 aliphatic carbocycles. The van der Waals surface area contributed by atoms with Gasteiger partial charge in [-0.05, 0) is 47.2 Å². The Hall–Kier alpha value is -2.03. The zero-order valence-electron chi connectivity index (χ0n) is 12.9. The molecule has 6 nitrogen and oxygen atoms in total. The molecule has 0 aliphatic heterocycles. The van der Waals surface area contributed by atoms with Crippen LogP contribution < -0.4 is 9.47 Å².